The van der Waals surface area contributed by atoms with Gasteiger partial charge in [0.05, 0.1) is 24.1 Å². The number of esters is 2. The fourth-order valence-corrected chi connectivity index (χ4v) is 5.07. The van der Waals surface area contributed by atoms with Gasteiger partial charge in [0.25, 0.3) is 0 Å². The molecule has 1 unspecified atom stereocenters. The molecule has 0 aliphatic carbocycles. The number of phenols is 1. The van der Waals surface area contributed by atoms with Crippen LogP contribution in [0.4, 0.5) is 5.69 Å². The van der Waals surface area contributed by atoms with Crippen molar-refractivity contribution in [3.63, 3.8) is 0 Å². The lowest BCUT2D eigenvalue weighted by Gasteiger charge is -2.26. The van der Waals surface area contributed by atoms with Crippen LogP contribution in [0.15, 0.2) is 54.6 Å². The summed E-state index contributed by atoms with van der Waals surface area (Å²) in [6, 6.07) is 15.8. The summed E-state index contributed by atoms with van der Waals surface area (Å²) in [5, 5.41) is 23.3. The van der Waals surface area contributed by atoms with E-state index in [1.54, 1.807) is 18.2 Å². The topological polar surface area (TPSA) is 118 Å². The molecule has 1 fully saturated rings. The Kier molecular flexibility index (Phi) is 9.91. The van der Waals surface area contributed by atoms with E-state index in [0.29, 0.717) is 28.4 Å². The van der Waals surface area contributed by atoms with Gasteiger partial charge in [-0.2, -0.15) is 0 Å². The summed E-state index contributed by atoms with van der Waals surface area (Å²) in [5.41, 5.74) is 4.12. The molecule has 3 N–H and O–H groups in total. The van der Waals surface area contributed by atoms with Crippen molar-refractivity contribution < 1.29 is 28.9 Å². The summed E-state index contributed by atoms with van der Waals surface area (Å²) in [6.07, 6.45) is 3.01. The second-order valence-electron chi connectivity index (χ2n) is 11.2. The molecular formula is C33H37ClN2O6. The van der Waals surface area contributed by atoms with E-state index in [0.717, 1.165) is 36.0 Å². The van der Waals surface area contributed by atoms with Crippen molar-refractivity contribution in [1.29, 1.82) is 5.41 Å². The monoisotopic (exact) mass is 592 g/mol. The van der Waals surface area contributed by atoms with E-state index in [1.807, 2.05) is 51.1 Å². The van der Waals surface area contributed by atoms with Gasteiger partial charge in [-0.15, -0.1) is 0 Å². The fraction of sp³-hybridized carbons (Fsp3) is 0.364. The highest BCUT2D eigenvalue weighted by atomic mass is 35.5. The van der Waals surface area contributed by atoms with E-state index in [2.05, 4.69) is 5.32 Å². The van der Waals surface area contributed by atoms with Gasteiger partial charge < -0.3 is 30.0 Å². The van der Waals surface area contributed by atoms with Gasteiger partial charge in [-0.05, 0) is 81.5 Å². The van der Waals surface area contributed by atoms with Gasteiger partial charge in [0.1, 0.15) is 17.6 Å². The molecule has 1 aliphatic rings. The number of hydrogen-bond acceptors (Lipinski definition) is 8. The van der Waals surface area contributed by atoms with Gasteiger partial charge in [0.15, 0.2) is 0 Å². The number of carbonyl (C=O) groups is 2. The molecule has 0 spiro atoms. The van der Waals surface area contributed by atoms with Gasteiger partial charge in [-0.25, -0.2) is 4.79 Å². The lowest BCUT2D eigenvalue weighted by atomic mass is 9.95. The van der Waals surface area contributed by atoms with Crippen LogP contribution in [0.5, 0.6) is 5.75 Å². The second-order valence-corrected chi connectivity index (χ2v) is 11.7. The lowest BCUT2D eigenvalue weighted by Crippen LogP contribution is -2.28. The second kappa shape index (κ2) is 13.4. The Morgan fingerprint density at radius 1 is 1.02 bits per heavy atom. The van der Waals surface area contributed by atoms with Crippen molar-refractivity contribution in [3.05, 3.63) is 70.7 Å². The molecule has 42 heavy (non-hydrogen) atoms. The Morgan fingerprint density at radius 3 is 2.31 bits per heavy atom. The molecular weight excluding hydrogens is 556 g/mol. The Labute approximate surface area is 251 Å². The lowest BCUT2D eigenvalue weighted by molar-refractivity contribution is -0.154. The van der Waals surface area contributed by atoms with Crippen molar-refractivity contribution in [1.82, 2.24) is 0 Å². The number of carbonyl (C=O) groups excluding carboxylic acids is 2. The van der Waals surface area contributed by atoms with Crippen molar-refractivity contribution in [2.24, 2.45) is 0 Å². The number of phenolic OH excluding ortho intramolecular Hbond substituents is 1. The quantitative estimate of drug-likeness (QED) is 0.173. The molecule has 3 aromatic carbocycles. The average molecular weight is 593 g/mol. The highest BCUT2D eigenvalue weighted by Gasteiger charge is 2.21. The summed E-state index contributed by atoms with van der Waals surface area (Å²) >= 11 is 6.79. The average Bonchev–Trinajstić information content (AvgIpc) is 2.95. The zero-order chi connectivity index (χ0) is 30.4. The number of aromatic hydroxyl groups is 1. The van der Waals surface area contributed by atoms with Crippen LogP contribution in [-0.2, 0) is 19.0 Å². The van der Waals surface area contributed by atoms with Gasteiger partial charge in [-0.3, -0.25) is 4.79 Å². The Bertz CT molecular complexity index is 1460. The van der Waals surface area contributed by atoms with E-state index in [4.69, 9.17) is 31.2 Å². The molecule has 0 bridgehead atoms. The molecule has 9 heteroatoms. The van der Waals surface area contributed by atoms with Crippen molar-refractivity contribution in [2.45, 2.75) is 64.7 Å². The molecule has 222 valence electrons. The van der Waals surface area contributed by atoms with E-state index >= 15 is 0 Å². The zero-order valence-electron chi connectivity index (χ0n) is 24.4. The van der Waals surface area contributed by atoms with Crippen molar-refractivity contribution in [3.8, 4) is 28.0 Å². The molecule has 1 heterocycles. The maximum absolute atomic E-state index is 12.4. The molecule has 4 rings (SSSR count). The molecule has 1 saturated heterocycles. The van der Waals surface area contributed by atoms with E-state index in [1.165, 1.54) is 13.2 Å². The molecule has 8 nitrogen and oxygen atoms in total. The number of hydrogen-bond donors (Lipinski definition) is 3. The predicted octanol–water partition coefficient (Wildman–Crippen LogP) is 7.59. The summed E-state index contributed by atoms with van der Waals surface area (Å²) in [6.45, 7) is 6.12. The zero-order valence-corrected chi connectivity index (χ0v) is 25.1. The largest absolute Gasteiger partial charge is 0.507 e. The standard InChI is InChI=1S/C33H37ClN2O6/c1-33(2,3)42-31(38)15-14-27(35)25-18-24(26(34)19-28(25)36-30-7-5-6-16-41-30)21-10-8-20(9-11-21)23-13-12-22(17-29(23)37)32(39)40-4/h8-13,17-19,30,35-37H,5-7,14-16H2,1-4H3. The van der Waals surface area contributed by atoms with Crippen LogP contribution in [0.2, 0.25) is 5.02 Å². The third-order valence-corrected chi connectivity index (χ3v) is 7.17. The van der Waals surface area contributed by atoms with Gasteiger partial charge >= 0.3 is 11.9 Å². The molecule has 3 aromatic rings. The number of methoxy groups -OCH3 is 1. The summed E-state index contributed by atoms with van der Waals surface area (Å²) < 4.78 is 16.0. The third kappa shape index (κ3) is 7.89. The first-order chi connectivity index (χ1) is 19.9. The molecule has 1 aliphatic heterocycles. The highest BCUT2D eigenvalue weighted by Crippen LogP contribution is 2.37. The Balaban J connectivity index is 1.62. The van der Waals surface area contributed by atoms with Crippen LogP contribution in [0.3, 0.4) is 0 Å². The minimum absolute atomic E-state index is 0.0373. The maximum Gasteiger partial charge on any atom is 0.337 e. The number of nitrogens with one attached hydrogen (secondary N) is 2. The number of anilines is 1. The highest BCUT2D eigenvalue weighted by molar-refractivity contribution is 6.34. The molecule has 1 atom stereocenters. The van der Waals surface area contributed by atoms with Crippen LogP contribution < -0.4 is 5.32 Å². The number of benzene rings is 3. The number of rotatable bonds is 9. The van der Waals surface area contributed by atoms with Crippen LogP contribution in [-0.4, -0.2) is 48.3 Å². The van der Waals surface area contributed by atoms with E-state index < -0.39 is 11.6 Å². The van der Waals surface area contributed by atoms with Crippen molar-refractivity contribution >= 4 is 34.9 Å². The maximum atomic E-state index is 12.4. The Hall–Kier alpha value is -3.88. The van der Waals surface area contributed by atoms with E-state index in [-0.39, 0.29) is 42.1 Å². The minimum Gasteiger partial charge on any atom is -0.507 e. The van der Waals surface area contributed by atoms with E-state index in [9.17, 15) is 14.7 Å². The molecule has 0 saturated carbocycles. The summed E-state index contributed by atoms with van der Waals surface area (Å²) in [4.78, 5) is 24.2. The number of halogens is 1. The molecule has 0 amide bonds. The smallest absolute Gasteiger partial charge is 0.337 e. The normalized spacial score (nSPS) is 15.1. The van der Waals surface area contributed by atoms with Gasteiger partial charge in [0, 0.05) is 41.1 Å². The van der Waals surface area contributed by atoms with Crippen LogP contribution in [0, 0.1) is 5.41 Å². The summed E-state index contributed by atoms with van der Waals surface area (Å²) in [7, 11) is 1.29. The van der Waals surface area contributed by atoms with Gasteiger partial charge in [0.2, 0.25) is 0 Å². The SMILES string of the molecule is COC(=O)c1ccc(-c2ccc(-c3cc(C(=N)CCC(=O)OC(C)(C)C)c(NC4CCCCO4)cc3Cl)cc2)c(O)c1. The molecule has 0 radical (unpaired) electrons. The predicted molar refractivity (Wildman–Crippen MR) is 164 cm³/mol. The van der Waals surface area contributed by atoms with Gasteiger partial charge in [-0.1, -0.05) is 35.9 Å². The number of ether oxygens (including phenoxy) is 3. The van der Waals surface area contributed by atoms with Crippen molar-refractivity contribution in [2.75, 3.05) is 19.0 Å². The van der Waals surface area contributed by atoms with Crippen LogP contribution >= 0.6 is 11.6 Å². The fourth-order valence-electron chi connectivity index (χ4n) is 4.80. The third-order valence-electron chi connectivity index (χ3n) is 6.85. The van der Waals surface area contributed by atoms with Crippen LogP contribution in [0.1, 0.15) is 68.8 Å². The van der Waals surface area contributed by atoms with Crippen LogP contribution in [0.25, 0.3) is 22.3 Å². The summed E-state index contributed by atoms with van der Waals surface area (Å²) in [5.74, 6) is -0.919. The first-order valence-corrected chi connectivity index (χ1v) is 14.4. The molecule has 0 aromatic heterocycles. The first-order valence-electron chi connectivity index (χ1n) is 14.0. The first kappa shape index (κ1) is 31.1. The Morgan fingerprint density at radius 2 is 1.71 bits per heavy atom. The minimum atomic E-state index is -0.593.